The van der Waals surface area contributed by atoms with Gasteiger partial charge < -0.3 is 21.2 Å². The van der Waals surface area contributed by atoms with Gasteiger partial charge in [0, 0.05) is 12.4 Å². The van der Waals surface area contributed by atoms with Crippen molar-refractivity contribution in [1.29, 1.82) is 5.41 Å². The van der Waals surface area contributed by atoms with Crippen molar-refractivity contribution < 1.29 is 4.74 Å². The highest BCUT2D eigenvalue weighted by molar-refractivity contribution is 5.77. The molecule has 84 valence electrons. The van der Waals surface area contributed by atoms with E-state index in [1.165, 1.54) is 12.4 Å². The predicted octanol–water partition coefficient (Wildman–Crippen LogP) is 1.34. The fourth-order valence-electron chi connectivity index (χ4n) is 0.781. The van der Waals surface area contributed by atoms with Crippen molar-refractivity contribution in [3.8, 4) is 0 Å². The zero-order valence-corrected chi connectivity index (χ0v) is 9.32. The molecule has 0 saturated heterocycles. The molecule has 1 rings (SSSR count). The molecular weight excluding hydrogens is 192 g/mol. The van der Waals surface area contributed by atoms with Crippen LogP contribution in [0, 0.1) is 5.41 Å². The molecule has 0 aromatic carbocycles. The van der Waals surface area contributed by atoms with Crippen LogP contribution < -0.4 is 11.1 Å². The van der Waals surface area contributed by atoms with E-state index in [1.807, 2.05) is 13.8 Å². The highest BCUT2D eigenvalue weighted by atomic mass is 16.5. The maximum Gasteiger partial charge on any atom is 0.153 e. The summed E-state index contributed by atoms with van der Waals surface area (Å²) in [6.45, 7) is 5.59. The van der Waals surface area contributed by atoms with Crippen LogP contribution in [-0.4, -0.2) is 18.5 Å². The summed E-state index contributed by atoms with van der Waals surface area (Å²) in [5, 5.41) is 8.96. The molecule has 0 unspecified atom stereocenters. The summed E-state index contributed by atoms with van der Waals surface area (Å²) in [6, 6.07) is 0. The van der Waals surface area contributed by atoms with Gasteiger partial charge in [-0.1, -0.05) is 0 Å². The lowest BCUT2D eigenvalue weighted by molar-refractivity contribution is 0.163. The normalized spacial score (nSPS) is 16.3. The minimum Gasteiger partial charge on any atom is -0.488 e. The van der Waals surface area contributed by atoms with Gasteiger partial charge in [-0.2, -0.15) is 0 Å². The molecule has 0 aromatic rings. The highest BCUT2D eigenvalue weighted by Crippen LogP contribution is 2.04. The first kappa shape index (κ1) is 13.2. The third kappa shape index (κ3) is 6.31. The van der Waals surface area contributed by atoms with Gasteiger partial charge in [0.2, 0.25) is 0 Å². The first-order valence-electron chi connectivity index (χ1n) is 4.68. The van der Waals surface area contributed by atoms with Crippen molar-refractivity contribution in [3.05, 3.63) is 24.0 Å². The van der Waals surface area contributed by atoms with E-state index in [9.17, 15) is 0 Å². The summed E-state index contributed by atoms with van der Waals surface area (Å²) in [5.74, 6) is 1.35. The summed E-state index contributed by atoms with van der Waals surface area (Å²) >= 11 is 0. The van der Waals surface area contributed by atoms with Crippen molar-refractivity contribution in [3.63, 3.8) is 0 Å². The molecule has 1 aliphatic heterocycles. The van der Waals surface area contributed by atoms with E-state index in [4.69, 9.17) is 15.9 Å². The summed E-state index contributed by atoms with van der Waals surface area (Å²) < 4.78 is 5.37. The molecule has 4 N–H and O–H groups in total. The van der Waals surface area contributed by atoms with Crippen molar-refractivity contribution in [1.82, 2.24) is 5.32 Å². The summed E-state index contributed by atoms with van der Waals surface area (Å²) in [4.78, 5) is 3.99. The van der Waals surface area contributed by atoms with Crippen molar-refractivity contribution in [2.24, 2.45) is 10.7 Å². The van der Waals surface area contributed by atoms with E-state index in [0.717, 1.165) is 5.76 Å². The molecular formula is C10H18N4O. The number of aliphatic imine (C=N–C) groups is 1. The first-order chi connectivity index (χ1) is 7.13. The Morgan fingerprint density at radius 2 is 2.20 bits per heavy atom. The van der Waals surface area contributed by atoms with Crippen LogP contribution in [0.15, 0.2) is 29.0 Å². The first-order valence-corrected chi connectivity index (χ1v) is 4.68. The Hall–Kier alpha value is -1.78. The predicted molar refractivity (Wildman–Crippen MR) is 62.7 cm³/mol. The molecule has 1 aliphatic rings. The summed E-state index contributed by atoms with van der Waals surface area (Å²) in [6.07, 6.45) is 6.17. The van der Waals surface area contributed by atoms with Gasteiger partial charge in [0.05, 0.1) is 12.3 Å². The van der Waals surface area contributed by atoms with Crippen LogP contribution in [0.4, 0.5) is 0 Å². The Labute approximate surface area is 90.2 Å². The number of ether oxygens (including phenoxy) is 1. The van der Waals surface area contributed by atoms with E-state index < -0.39 is 0 Å². The fraction of sp³-hybridized carbons (Fsp3) is 0.400. The molecule has 0 spiro atoms. The minimum absolute atomic E-state index is 0.160. The van der Waals surface area contributed by atoms with Crippen LogP contribution in [0.2, 0.25) is 0 Å². The van der Waals surface area contributed by atoms with Crippen molar-refractivity contribution in [2.45, 2.75) is 26.9 Å². The minimum atomic E-state index is 0.160. The third-order valence-electron chi connectivity index (χ3n) is 1.22. The van der Waals surface area contributed by atoms with Gasteiger partial charge in [-0.25, -0.2) is 4.99 Å². The van der Waals surface area contributed by atoms with Gasteiger partial charge in [-0.15, -0.1) is 0 Å². The number of nitrogens with one attached hydrogen (secondary N) is 2. The maximum atomic E-state index is 6.08. The number of hydrogen-bond acceptors (Lipinski definition) is 5. The van der Waals surface area contributed by atoms with E-state index in [0.29, 0.717) is 5.82 Å². The molecule has 0 radical (unpaired) electrons. The molecule has 5 heteroatoms. The SMILES string of the molecule is CC(C)OC1=CN/C(=C/N)N=C1.CC=N. The Bertz CT molecular complexity index is 279. The molecule has 0 saturated carbocycles. The van der Waals surface area contributed by atoms with Crippen LogP contribution in [0.1, 0.15) is 20.8 Å². The van der Waals surface area contributed by atoms with Gasteiger partial charge in [-0.3, -0.25) is 0 Å². The van der Waals surface area contributed by atoms with Gasteiger partial charge >= 0.3 is 0 Å². The molecule has 0 aromatic heterocycles. The highest BCUT2D eigenvalue weighted by Gasteiger charge is 2.03. The van der Waals surface area contributed by atoms with E-state index in [-0.39, 0.29) is 6.10 Å². The smallest absolute Gasteiger partial charge is 0.153 e. The number of hydrogen-bond donors (Lipinski definition) is 3. The lowest BCUT2D eigenvalue weighted by Crippen LogP contribution is -2.15. The summed E-state index contributed by atoms with van der Waals surface area (Å²) in [5.41, 5.74) is 5.24. The van der Waals surface area contributed by atoms with E-state index in [2.05, 4.69) is 10.3 Å². The molecule has 15 heavy (non-hydrogen) atoms. The number of nitrogens with two attached hydrogens (primary N) is 1. The molecule has 0 fully saturated rings. The van der Waals surface area contributed by atoms with Gasteiger partial charge in [0.25, 0.3) is 0 Å². The average molecular weight is 210 g/mol. The molecule has 1 heterocycles. The number of rotatable bonds is 2. The fourth-order valence-corrected chi connectivity index (χ4v) is 0.781. The Morgan fingerprint density at radius 1 is 1.60 bits per heavy atom. The molecule has 5 nitrogen and oxygen atoms in total. The van der Waals surface area contributed by atoms with Gasteiger partial charge in [0.15, 0.2) is 5.76 Å². The van der Waals surface area contributed by atoms with Crippen molar-refractivity contribution in [2.75, 3.05) is 0 Å². The molecule has 0 atom stereocenters. The Balaban J connectivity index is 0.000000583. The Morgan fingerprint density at radius 3 is 2.53 bits per heavy atom. The second-order valence-corrected chi connectivity index (χ2v) is 2.96. The van der Waals surface area contributed by atoms with Crippen molar-refractivity contribution >= 4 is 12.4 Å². The molecule has 0 aliphatic carbocycles. The van der Waals surface area contributed by atoms with Gasteiger partial charge in [0.1, 0.15) is 5.82 Å². The summed E-state index contributed by atoms with van der Waals surface area (Å²) in [7, 11) is 0. The topological polar surface area (TPSA) is 83.5 Å². The monoisotopic (exact) mass is 210 g/mol. The standard InChI is InChI=1S/C8H13N3O.C2H5N/c1-6(2)12-7-4-10-8(3-9)11-5-7;1-2-3/h3-6,10H,9H2,1-2H3;2-3H,1H3/b8-3-;. The quantitative estimate of drug-likeness (QED) is 0.601. The average Bonchev–Trinajstić information content (AvgIpc) is 2.19. The number of nitrogens with zero attached hydrogens (tertiary/aromatic N) is 1. The Kier molecular flexibility index (Phi) is 6.70. The van der Waals surface area contributed by atoms with Gasteiger partial charge in [-0.05, 0) is 27.0 Å². The van der Waals surface area contributed by atoms with Crippen LogP contribution in [0.5, 0.6) is 0 Å². The van der Waals surface area contributed by atoms with E-state index in [1.54, 1.807) is 19.3 Å². The molecule has 0 amide bonds. The number of allylic oxidation sites excluding steroid dienone is 1. The second kappa shape index (κ2) is 7.61. The zero-order chi connectivity index (χ0) is 11.7. The largest absolute Gasteiger partial charge is 0.488 e. The van der Waals surface area contributed by atoms with Crippen LogP contribution >= 0.6 is 0 Å². The maximum absolute atomic E-state index is 6.08. The van der Waals surface area contributed by atoms with Crippen LogP contribution in [0.3, 0.4) is 0 Å². The third-order valence-corrected chi connectivity index (χ3v) is 1.22. The lowest BCUT2D eigenvalue weighted by Gasteiger charge is -2.13. The lowest BCUT2D eigenvalue weighted by atomic mass is 10.4. The molecule has 0 bridgehead atoms. The van der Waals surface area contributed by atoms with E-state index >= 15 is 0 Å². The zero-order valence-electron chi connectivity index (χ0n) is 9.32. The second-order valence-electron chi connectivity index (χ2n) is 2.96. The van der Waals surface area contributed by atoms with Crippen LogP contribution in [-0.2, 0) is 4.74 Å². The van der Waals surface area contributed by atoms with Crippen LogP contribution in [0.25, 0.3) is 0 Å².